The lowest BCUT2D eigenvalue weighted by molar-refractivity contribution is -0.134. The lowest BCUT2D eigenvalue weighted by atomic mass is 10.0. The fourth-order valence-corrected chi connectivity index (χ4v) is 5.46. The van der Waals surface area contributed by atoms with E-state index in [0.29, 0.717) is 24.9 Å². The van der Waals surface area contributed by atoms with Crippen LogP contribution in [0.1, 0.15) is 63.7 Å². The molecule has 54 heavy (non-hydrogen) atoms. The van der Waals surface area contributed by atoms with Crippen molar-refractivity contribution in [1.82, 2.24) is 42.1 Å². The minimum absolute atomic E-state index is 0.0589. The van der Waals surface area contributed by atoms with Crippen LogP contribution in [0, 0.1) is 11.8 Å². The Balaban J connectivity index is 1.37. The van der Waals surface area contributed by atoms with E-state index in [2.05, 4.69) is 42.1 Å². The highest BCUT2D eigenvalue weighted by atomic mass is 16.2. The summed E-state index contributed by atoms with van der Waals surface area (Å²) in [6.45, 7) is 7.12. The van der Waals surface area contributed by atoms with Crippen LogP contribution in [0.3, 0.4) is 0 Å². The largest absolute Gasteiger partial charge is 0.370 e. The van der Waals surface area contributed by atoms with E-state index in [4.69, 9.17) is 11.5 Å². The summed E-state index contributed by atoms with van der Waals surface area (Å²) in [5, 5.41) is 23.6. The van der Waals surface area contributed by atoms with Crippen molar-refractivity contribution in [2.75, 3.05) is 26.2 Å². The van der Waals surface area contributed by atoms with Gasteiger partial charge >= 0.3 is 0 Å². The Labute approximate surface area is 313 Å². The molecule has 0 bridgehead atoms. The van der Waals surface area contributed by atoms with Crippen molar-refractivity contribution in [1.29, 1.82) is 0 Å². The zero-order valence-electron chi connectivity index (χ0n) is 31.1. The Morgan fingerprint density at radius 3 is 1.98 bits per heavy atom. The molecule has 292 valence electrons. The summed E-state index contributed by atoms with van der Waals surface area (Å²) in [7, 11) is 0. The number of rotatable bonds is 21. The van der Waals surface area contributed by atoms with Crippen molar-refractivity contribution in [3.8, 4) is 11.3 Å². The Bertz CT molecular complexity index is 1770. The van der Waals surface area contributed by atoms with Crippen LogP contribution in [0.2, 0.25) is 0 Å². The molecule has 2 aromatic carbocycles. The van der Waals surface area contributed by atoms with Crippen molar-refractivity contribution >= 4 is 52.3 Å². The maximum absolute atomic E-state index is 13.1. The first kappa shape index (κ1) is 42.6. The number of nitrogens with one attached hydrogen (secondary N) is 7. The lowest BCUT2D eigenvalue weighted by Crippen LogP contribution is -2.57. The van der Waals surface area contributed by atoms with Gasteiger partial charge in [0, 0.05) is 29.6 Å². The number of aromatic nitrogens is 2. The Hall–Kier alpha value is -5.84. The zero-order valence-corrected chi connectivity index (χ0v) is 31.1. The van der Waals surface area contributed by atoms with Crippen molar-refractivity contribution in [3.63, 3.8) is 0 Å². The molecule has 1 heterocycles. The van der Waals surface area contributed by atoms with Crippen molar-refractivity contribution in [3.05, 3.63) is 54.1 Å². The van der Waals surface area contributed by atoms with Crippen LogP contribution >= 0.6 is 0 Å². The van der Waals surface area contributed by atoms with Crippen molar-refractivity contribution in [2.24, 2.45) is 23.3 Å². The first-order valence-corrected chi connectivity index (χ1v) is 17.9. The molecule has 0 saturated carbocycles. The molecule has 3 rings (SSSR count). The second kappa shape index (κ2) is 21.0. The van der Waals surface area contributed by atoms with E-state index in [1.807, 2.05) is 64.1 Å². The third kappa shape index (κ3) is 13.9. The van der Waals surface area contributed by atoms with E-state index in [0.717, 1.165) is 22.2 Å². The van der Waals surface area contributed by atoms with E-state index >= 15 is 0 Å². The van der Waals surface area contributed by atoms with E-state index in [1.165, 1.54) is 0 Å². The van der Waals surface area contributed by atoms with Gasteiger partial charge in [-0.1, -0.05) is 58.0 Å². The number of nitrogens with zero attached hydrogens (tertiary/aromatic N) is 1. The number of primary amides is 1. The topological polar surface area (TPSA) is 272 Å². The smallest absolute Gasteiger partial charge is 0.251 e. The average molecular weight is 749 g/mol. The van der Waals surface area contributed by atoms with Crippen LogP contribution in [0.5, 0.6) is 0 Å². The predicted molar refractivity (Wildman–Crippen MR) is 202 cm³/mol. The van der Waals surface area contributed by atoms with Crippen molar-refractivity contribution in [2.45, 2.75) is 71.5 Å². The van der Waals surface area contributed by atoms with Crippen LogP contribution in [0.25, 0.3) is 22.2 Å². The standard InChI is InChI=1S/C37H52N10O7/c1-21(2)16-26(38)35(52)44-29(18-30(39)48)37(54)45-28(17-22(3)4)36(53)43-20-32(50)42-19-31(49)40-14-7-15-41-34(51)24-12-10-23(11-13-24)33-25-8-5-6-9-27(25)46-47-33/h5-6,8-13,21-22,26,28-29H,7,14-20,38H2,1-4H3,(H2,39,48)(H,40,49)(H,41,51)(H,42,50)(H,43,53)(H,44,52)(H,45,54)(H,46,47)/t26-,28-,29-/m0/s1. The minimum Gasteiger partial charge on any atom is -0.370 e. The highest BCUT2D eigenvalue weighted by molar-refractivity contribution is 5.97. The Kier molecular flexibility index (Phi) is 16.6. The molecule has 0 fully saturated rings. The highest BCUT2D eigenvalue weighted by Gasteiger charge is 2.30. The lowest BCUT2D eigenvalue weighted by Gasteiger charge is -2.24. The molecule has 3 aromatic rings. The molecule has 7 amide bonds. The number of amides is 7. The number of benzene rings is 2. The van der Waals surface area contributed by atoms with Gasteiger partial charge in [0.1, 0.15) is 12.1 Å². The minimum atomic E-state index is -1.36. The number of hydrogen-bond donors (Lipinski definition) is 9. The number of para-hydroxylation sites is 1. The van der Waals surface area contributed by atoms with Gasteiger partial charge in [0.15, 0.2) is 0 Å². The number of aromatic amines is 1. The maximum Gasteiger partial charge on any atom is 0.251 e. The molecule has 17 nitrogen and oxygen atoms in total. The van der Waals surface area contributed by atoms with Crippen LogP contribution < -0.4 is 43.4 Å². The quantitative estimate of drug-likeness (QED) is 0.0661. The van der Waals surface area contributed by atoms with Gasteiger partial charge in [-0.2, -0.15) is 5.10 Å². The molecule has 3 atom stereocenters. The molecule has 0 aliphatic carbocycles. The Morgan fingerprint density at radius 2 is 1.31 bits per heavy atom. The monoisotopic (exact) mass is 748 g/mol. The second-order valence-corrected chi connectivity index (χ2v) is 13.8. The Morgan fingerprint density at radius 1 is 0.704 bits per heavy atom. The number of H-pyrrole nitrogens is 1. The number of nitrogens with two attached hydrogens (primary N) is 2. The third-order valence-electron chi connectivity index (χ3n) is 8.16. The summed E-state index contributed by atoms with van der Waals surface area (Å²) < 4.78 is 0. The fraction of sp³-hybridized carbons (Fsp3) is 0.459. The molecule has 0 saturated heterocycles. The van der Waals surface area contributed by atoms with E-state index in [9.17, 15) is 33.6 Å². The normalized spacial score (nSPS) is 12.7. The first-order chi connectivity index (χ1) is 25.6. The molecule has 0 aliphatic heterocycles. The molecule has 0 aliphatic rings. The highest BCUT2D eigenvalue weighted by Crippen LogP contribution is 2.26. The third-order valence-corrected chi connectivity index (χ3v) is 8.16. The number of fused-ring (bicyclic) bond motifs is 1. The van der Waals surface area contributed by atoms with E-state index in [-0.39, 0.29) is 37.3 Å². The predicted octanol–water partition coefficient (Wildman–Crippen LogP) is -0.0371. The summed E-state index contributed by atoms with van der Waals surface area (Å²) in [4.78, 5) is 87.5. The van der Waals surface area contributed by atoms with Crippen molar-refractivity contribution < 1.29 is 33.6 Å². The van der Waals surface area contributed by atoms with Gasteiger partial charge in [-0.15, -0.1) is 0 Å². The molecule has 0 radical (unpaired) electrons. The van der Waals surface area contributed by atoms with Gasteiger partial charge in [0.25, 0.3) is 5.91 Å². The molecule has 11 N–H and O–H groups in total. The van der Waals surface area contributed by atoms with E-state index < -0.39 is 66.5 Å². The van der Waals surface area contributed by atoms with Gasteiger partial charge in [-0.3, -0.25) is 38.7 Å². The SMILES string of the molecule is CC(C)C[C@H](NC(=O)[C@H](CC(N)=O)NC(=O)[C@@H](N)CC(C)C)C(=O)NCC(=O)NCC(=O)NCCCNC(=O)c1ccc(-c2n[nH]c3ccccc23)cc1. The van der Waals surface area contributed by atoms with Crippen LogP contribution in [-0.4, -0.2) is 95.9 Å². The average Bonchev–Trinajstić information content (AvgIpc) is 3.55. The van der Waals surface area contributed by atoms with Gasteiger partial charge in [0.05, 0.1) is 36.8 Å². The number of carbonyl (C=O) groups excluding carboxylic acids is 7. The van der Waals surface area contributed by atoms with Crippen LogP contribution in [0.15, 0.2) is 48.5 Å². The van der Waals surface area contributed by atoms with E-state index in [1.54, 1.807) is 12.1 Å². The van der Waals surface area contributed by atoms with Gasteiger partial charge < -0.3 is 43.4 Å². The molecule has 1 aromatic heterocycles. The van der Waals surface area contributed by atoms with Crippen LogP contribution in [0.4, 0.5) is 0 Å². The fourth-order valence-electron chi connectivity index (χ4n) is 5.46. The first-order valence-electron chi connectivity index (χ1n) is 17.9. The molecule has 0 spiro atoms. The summed E-state index contributed by atoms with van der Waals surface area (Å²) in [6.07, 6.45) is 0.460. The molecule has 0 unspecified atom stereocenters. The summed E-state index contributed by atoms with van der Waals surface area (Å²) in [5.41, 5.74) is 14.3. The van der Waals surface area contributed by atoms with Crippen LogP contribution in [-0.2, 0) is 28.8 Å². The summed E-state index contributed by atoms with van der Waals surface area (Å²) >= 11 is 0. The number of carbonyl (C=O) groups is 7. The van der Waals surface area contributed by atoms with Gasteiger partial charge in [-0.25, -0.2) is 0 Å². The van der Waals surface area contributed by atoms with Gasteiger partial charge in [0.2, 0.25) is 35.4 Å². The molecular weight excluding hydrogens is 696 g/mol. The number of hydrogen-bond acceptors (Lipinski definition) is 9. The molecule has 17 heteroatoms. The maximum atomic E-state index is 13.1. The second-order valence-electron chi connectivity index (χ2n) is 13.8. The summed E-state index contributed by atoms with van der Waals surface area (Å²) in [5.74, 6) is -4.30. The van der Waals surface area contributed by atoms with Gasteiger partial charge in [-0.05, 0) is 49.3 Å². The zero-order chi connectivity index (χ0) is 39.8. The molecular formula is C37H52N10O7. The summed E-state index contributed by atoms with van der Waals surface area (Å²) in [6, 6.07) is 11.5.